The molecule has 1 unspecified atom stereocenters. The maximum Gasteiger partial charge on any atom is 0.410 e. The van der Waals surface area contributed by atoms with Crippen molar-refractivity contribution >= 4 is 29.0 Å². The second kappa shape index (κ2) is 7.77. The maximum atomic E-state index is 12.5. The summed E-state index contributed by atoms with van der Waals surface area (Å²) < 4.78 is 10.6. The number of carbonyl (C=O) groups excluding carboxylic acids is 3. The van der Waals surface area contributed by atoms with Crippen LogP contribution in [0.15, 0.2) is 24.3 Å². The van der Waals surface area contributed by atoms with Gasteiger partial charge in [-0.3, -0.25) is 14.9 Å². The summed E-state index contributed by atoms with van der Waals surface area (Å²) in [5.74, 6) is 0.277. The molecule has 0 aliphatic carbocycles. The number of hydrogen-bond acceptors (Lipinski definition) is 6. The lowest BCUT2D eigenvalue weighted by Crippen LogP contribution is -2.42. The van der Waals surface area contributed by atoms with Crippen LogP contribution in [0.3, 0.4) is 0 Å². The topological polar surface area (TPSA) is 84.9 Å². The molecule has 1 fully saturated rings. The van der Waals surface area contributed by atoms with E-state index in [2.05, 4.69) is 5.32 Å². The zero-order valence-corrected chi connectivity index (χ0v) is 15.5. The first-order valence-electron chi connectivity index (χ1n) is 7.80. The Balaban J connectivity index is 2.17. The van der Waals surface area contributed by atoms with Crippen molar-refractivity contribution < 1.29 is 23.9 Å². The van der Waals surface area contributed by atoms with Crippen molar-refractivity contribution in [2.75, 3.05) is 13.7 Å². The average molecular weight is 366 g/mol. The highest BCUT2D eigenvalue weighted by molar-refractivity contribution is 8.15. The van der Waals surface area contributed by atoms with E-state index in [0.717, 1.165) is 17.3 Å². The minimum Gasteiger partial charge on any atom is -0.497 e. The molecule has 0 bridgehead atoms. The van der Waals surface area contributed by atoms with Gasteiger partial charge in [-0.2, -0.15) is 0 Å². The van der Waals surface area contributed by atoms with Crippen molar-refractivity contribution in [1.29, 1.82) is 0 Å². The van der Waals surface area contributed by atoms with Crippen molar-refractivity contribution in [3.63, 3.8) is 0 Å². The fraction of sp³-hybridized carbons (Fsp3) is 0.471. The summed E-state index contributed by atoms with van der Waals surface area (Å²) in [6.45, 7) is 5.64. The lowest BCUT2D eigenvalue weighted by molar-refractivity contribution is -0.119. The van der Waals surface area contributed by atoms with Crippen LogP contribution in [0.1, 0.15) is 26.3 Å². The van der Waals surface area contributed by atoms with Crippen molar-refractivity contribution in [2.24, 2.45) is 0 Å². The molecule has 1 aromatic rings. The molecule has 136 valence electrons. The SMILES string of the molecule is COc1cccc(CN(CC2SC(=O)NC2=O)C(=O)OC(C)(C)C)c1. The Kier molecular flexibility index (Phi) is 5.94. The maximum absolute atomic E-state index is 12.5. The molecule has 0 spiro atoms. The minimum atomic E-state index is -0.662. The largest absolute Gasteiger partial charge is 0.497 e. The molecule has 25 heavy (non-hydrogen) atoms. The van der Waals surface area contributed by atoms with Crippen LogP contribution >= 0.6 is 11.8 Å². The summed E-state index contributed by atoms with van der Waals surface area (Å²) in [5.41, 5.74) is 0.171. The molecule has 1 saturated heterocycles. The highest BCUT2D eigenvalue weighted by Crippen LogP contribution is 2.23. The van der Waals surface area contributed by atoms with Gasteiger partial charge in [0, 0.05) is 13.1 Å². The standard InChI is InChI=1S/C17H22N2O5S/c1-17(2,3)24-16(22)19(10-13-14(20)18-15(21)25-13)9-11-6-5-7-12(8-11)23-4/h5-8,13H,9-10H2,1-4H3,(H,18,20,21). The lowest BCUT2D eigenvalue weighted by Gasteiger charge is -2.28. The Morgan fingerprint density at radius 2 is 2.04 bits per heavy atom. The molecular weight excluding hydrogens is 344 g/mol. The number of amides is 3. The number of imide groups is 1. The fourth-order valence-corrected chi connectivity index (χ4v) is 3.07. The van der Waals surface area contributed by atoms with Crippen LogP contribution in [0, 0.1) is 0 Å². The van der Waals surface area contributed by atoms with Gasteiger partial charge in [0.05, 0.1) is 7.11 Å². The monoisotopic (exact) mass is 366 g/mol. The van der Waals surface area contributed by atoms with Crippen LogP contribution in [0.2, 0.25) is 0 Å². The van der Waals surface area contributed by atoms with Crippen molar-refractivity contribution in [3.05, 3.63) is 29.8 Å². The number of ether oxygens (including phenoxy) is 2. The summed E-state index contributed by atoms with van der Waals surface area (Å²) >= 11 is 0.882. The number of hydrogen-bond donors (Lipinski definition) is 1. The number of carbonyl (C=O) groups is 3. The smallest absolute Gasteiger partial charge is 0.410 e. The van der Waals surface area contributed by atoms with Gasteiger partial charge in [0.25, 0.3) is 5.24 Å². The molecule has 8 heteroatoms. The summed E-state index contributed by atoms with van der Waals surface area (Å²) in [4.78, 5) is 37.2. The van der Waals surface area contributed by atoms with E-state index in [1.54, 1.807) is 33.9 Å². The van der Waals surface area contributed by atoms with Crippen molar-refractivity contribution in [3.8, 4) is 5.75 Å². The van der Waals surface area contributed by atoms with Crippen LogP contribution in [-0.2, 0) is 16.1 Å². The van der Waals surface area contributed by atoms with E-state index in [9.17, 15) is 14.4 Å². The molecule has 0 aromatic heterocycles. The van der Waals surface area contributed by atoms with E-state index >= 15 is 0 Å². The number of benzene rings is 1. The molecule has 1 aromatic carbocycles. The first-order valence-corrected chi connectivity index (χ1v) is 8.68. The molecule has 2 rings (SSSR count). The molecule has 3 amide bonds. The van der Waals surface area contributed by atoms with Gasteiger partial charge in [0.15, 0.2) is 0 Å². The zero-order valence-electron chi connectivity index (χ0n) is 14.7. The highest BCUT2D eigenvalue weighted by Gasteiger charge is 2.35. The van der Waals surface area contributed by atoms with Crippen LogP contribution in [0.5, 0.6) is 5.75 Å². The summed E-state index contributed by atoms with van der Waals surface area (Å²) in [6.07, 6.45) is -0.539. The molecule has 0 saturated carbocycles. The van der Waals surface area contributed by atoms with Gasteiger partial charge in [0.1, 0.15) is 16.6 Å². The van der Waals surface area contributed by atoms with E-state index in [-0.39, 0.29) is 13.1 Å². The van der Waals surface area contributed by atoms with Crippen LogP contribution < -0.4 is 10.1 Å². The molecular formula is C17H22N2O5S. The fourth-order valence-electron chi connectivity index (χ4n) is 2.23. The summed E-state index contributed by atoms with van der Waals surface area (Å²) in [7, 11) is 1.57. The van der Waals surface area contributed by atoms with Gasteiger partial charge in [-0.1, -0.05) is 12.1 Å². The van der Waals surface area contributed by atoms with Gasteiger partial charge in [0.2, 0.25) is 5.91 Å². The van der Waals surface area contributed by atoms with Gasteiger partial charge >= 0.3 is 6.09 Å². The minimum absolute atomic E-state index is 0.0777. The second-order valence-electron chi connectivity index (χ2n) is 6.60. The molecule has 1 atom stereocenters. The number of nitrogens with zero attached hydrogens (tertiary/aromatic N) is 1. The second-order valence-corrected chi connectivity index (χ2v) is 7.77. The Morgan fingerprint density at radius 1 is 1.32 bits per heavy atom. The van der Waals surface area contributed by atoms with Crippen molar-refractivity contribution in [2.45, 2.75) is 38.2 Å². The van der Waals surface area contributed by atoms with Crippen LogP contribution in [-0.4, -0.2) is 46.6 Å². The molecule has 1 aliphatic heterocycles. The van der Waals surface area contributed by atoms with Crippen molar-refractivity contribution in [1.82, 2.24) is 10.2 Å². The van der Waals surface area contributed by atoms with E-state index < -0.39 is 28.1 Å². The third-order valence-corrected chi connectivity index (χ3v) is 4.28. The Labute approximate surface area is 151 Å². The Morgan fingerprint density at radius 3 is 2.60 bits per heavy atom. The van der Waals surface area contributed by atoms with Crippen LogP contribution in [0.4, 0.5) is 9.59 Å². The predicted molar refractivity (Wildman–Crippen MR) is 94.6 cm³/mol. The zero-order chi connectivity index (χ0) is 18.6. The number of thioether (sulfide) groups is 1. The third-order valence-electron chi connectivity index (χ3n) is 3.31. The van der Waals surface area contributed by atoms with Gasteiger partial charge in [-0.15, -0.1) is 0 Å². The van der Waals surface area contributed by atoms with E-state index in [1.807, 2.05) is 18.2 Å². The average Bonchev–Trinajstić information content (AvgIpc) is 2.83. The third kappa shape index (κ3) is 5.67. The Bertz CT molecular complexity index is 671. The molecule has 1 heterocycles. The number of methoxy groups -OCH3 is 1. The molecule has 1 N–H and O–H groups in total. The normalized spacial score (nSPS) is 17.2. The lowest BCUT2D eigenvalue weighted by atomic mass is 10.2. The number of rotatable bonds is 5. The van der Waals surface area contributed by atoms with Crippen LogP contribution in [0.25, 0.3) is 0 Å². The molecule has 1 aliphatic rings. The van der Waals surface area contributed by atoms with E-state index in [0.29, 0.717) is 5.75 Å². The highest BCUT2D eigenvalue weighted by atomic mass is 32.2. The molecule has 7 nitrogen and oxygen atoms in total. The van der Waals surface area contributed by atoms with E-state index in [1.165, 1.54) is 4.90 Å². The quantitative estimate of drug-likeness (QED) is 0.862. The Hall–Kier alpha value is -2.22. The van der Waals surface area contributed by atoms with Gasteiger partial charge < -0.3 is 14.4 Å². The number of nitrogens with one attached hydrogen (secondary N) is 1. The summed E-state index contributed by atoms with van der Waals surface area (Å²) in [6, 6.07) is 7.29. The molecule has 0 radical (unpaired) electrons. The first kappa shape index (κ1) is 19.1. The predicted octanol–water partition coefficient (Wildman–Crippen LogP) is 2.78. The first-order chi connectivity index (χ1) is 11.7. The van der Waals surface area contributed by atoms with Gasteiger partial charge in [-0.05, 0) is 50.2 Å². The van der Waals surface area contributed by atoms with Gasteiger partial charge in [-0.25, -0.2) is 4.79 Å². The van der Waals surface area contributed by atoms with E-state index in [4.69, 9.17) is 9.47 Å². The summed E-state index contributed by atoms with van der Waals surface area (Å²) in [5, 5.41) is 1.18.